The smallest absolute Gasteiger partial charge is 0.394 e. The third kappa shape index (κ3) is 4.09. The van der Waals surface area contributed by atoms with Crippen LogP contribution in [-0.4, -0.2) is 8.75 Å². The quantitative estimate of drug-likeness (QED) is 0.658. The first kappa shape index (κ1) is 10.3. The molecule has 4 heteroatoms. The fourth-order valence-corrected chi connectivity index (χ4v) is 0.354. The Bertz CT molecular complexity index is 69.4. The molecule has 7 heavy (non-hydrogen) atoms. The molecule has 0 saturated carbocycles. The van der Waals surface area contributed by atoms with Crippen molar-refractivity contribution in [3.63, 3.8) is 0 Å². The van der Waals surface area contributed by atoms with Crippen LogP contribution in [0.3, 0.4) is 0 Å². The van der Waals surface area contributed by atoms with E-state index in [1.165, 1.54) is 6.20 Å². The summed E-state index contributed by atoms with van der Waals surface area (Å²) in [5.41, 5.74) is 0. The third-order valence-corrected chi connectivity index (χ3v) is 0.638. The summed E-state index contributed by atoms with van der Waals surface area (Å²) in [5, 5.41) is 0. The van der Waals surface area contributed by atoms with E-state index in [0.29, 0.717) is 0 Å². The molecule has 0 atom stereocenters. The van der Waals surface area contributed by atoms with E-state index in [1.54, 1.807) is 0 Å². The Kier molecular flexibility index (Phi) is 9.17. The van der Waals surface area contributed by atoms with Crippen LogP contribution in [0.5, 0.6) is 0 Å². The summed E-state index contributed by atoms with van der Waals surface area (Å²) in [6, 6.07) is 0. The summed E-state index contributed by atoms with van der Waals surface area (Å²) in [4.78, 5) is 0. The van der Waals surface area contributed by atoms with Gasteiger partial charge in [0.25, 0.3) is 0 Å². The van der Waals surface area contributed by atoms with Crippen LogP contribution < -0.4 is 0 Å². The molecule has 0 amide bonds. The van der Waals surface area contributed by atoms with Crippen LogP contribution in [0, 0.1) is 13.6 Å². The fourth-order valence-electron chi connectivity index (χ4n) is 0.118. The molecular formula is C3H4N2SW. The molecule has 0 radical (unpaired) electrons. The molecule has 2 nitrogen and oxygen atoms in total. The van der Waals surface area contributed by atoms with Gasteiger partial charge in [0.1, 0.15) is 0 Å². The van der Waals surface area contributed by atoms with Gasteiger partial charge in [-0.25, -0.2) is 4.37 Å². The Morgan fingerprint density at radius 1 is 1.57 bits per heavy atom. The monoisotopic (exact) mass is 284 g/mol. The minimum Gasteiger partial charge on any atom is -0.394 e. The van der Waals surface area contributed by atoms with Crippen molar-refractivity contribution in [2.45, 2.75) is 0 Å². The van der Waals surface area contributed by atoms with Crippen molar-refractivity contribution in [1.82, 2.24) is 8.75 Å². The second-order valence-corrected chi connectivity index (χ2v) is 1.09. The van der Waals surface area contributed by atoms with Crippen LogP contribution in [0.15, 0.2) is 6.20 Å². The largest absolute Gasteiger partial charge is 2.00 e. The average molecular weight is 284 g/mol. The maximum Gasteiger partial charge on any atom is 2.00 e. The molecule has 0 aromatic carbocycles. The van der Waals surface area contributed by atoms with E-state index in [1.807, 2.05) is 0 Å². The minimum atomic E-state index is 0. The van der Waals surface area contributed by atoms with Crippen LogP contribution in [0.2, 0.25) is 0 Å². The van der Waals surface area contributed by atoms with Crippen molar-refractivity contribution < 1.29 is 21.1 Å². The number of aromatic nitrogens is 2. The molecule has 0 aliphatic rings. The Morgan fingerprint density at radius 2 is 2.29 bits per heavy atom. The molecule has 1 aromatic rings. The second-order valence-electron chi connectivity index (χ2n) is 0.537. The number of hydrogen-bond acceptors (Lipinski definition) is 3. The second kappa shape index (κ2) is 6.25. The normalized spacial score (nSPS) is 5.71. The van der Waals surface area contributed by atoms with Crippen molar-refractivity contribution in [3.05, 3.63) is 19.8 Å². The van der Waals surface area contributed by atoms with E-state index in [0.717, 1.165) is 11.7 Å². The van der Waals surface area contributed by atoms with Gasteiger partial charge >= 0.3 is 21.1 Å². The molecule has 38 valence electrons. The van der Waals surface area contributed by atoms with Gasteiger partial charge in [0.05, 0.1) is 0 Å². The minimum absolute atomic E-state index is 0. The van der Waals surface area contributed by atoms with Crippen LogP contribution in [0.25, 0.3) is 0 Å². The molecule has 0 aliphatic heterocycles. The van der Waals surface area contributed by atoms with E-state index in [9.17, 15) is 0 Å². The van der Waals surface area contributed by atoms with E-state index >= 15 is 0 Å². The molecule has 1 aromatic heterocycles. The van der Waals surface area contributed by atoms with Crippen LogP contribution >= 0.6 is 11.7 Å². The van der Waals surface area contributed by atoms with E-state index in [-0.39, 0.29) is 28.5 Å². The Labute approximate surface area is 61.6 Å². The zero-order valence-electron chi connectivity index (χ0n) is 3.79. The molecule has 0 bridgehead atoms. The van der Waals surface area contributed by atoms with E-state index in [4.69, 9.17) is 0 Å². The standard InChI is InChI=1S/C2HN2S.CH3.W/c1-2-4-5-3-1;;/h1H;1H3;/q2*-1;+2. The summed E-state index contributed by atoms with van der Waals surface area (Å²) in [6.07, 6.45) is 4.05. The Balaban J connectivity index is 0. The summed E-state index contributed by atoms with van der Waals surface area (Å²) >= 11 is 1.16. The summed E-state index contributed by atoms with van der Waals surface area (Å²) in [6.45, 7) is 0. The van der Waals surface area contributed by atoms with Gasteiger partial charge in [0.15, 0.2) is 0 Å². The van der Waals surface area contributed by atoms with Gasteiger partial charge in [-0.2, -0.15) is 0 Å². The molecule has 0 N–H and O–H groups in total. The van der Waals surface area contributed by atoms with Gasteiger partial charge in [-0.15, -0.1) is 6.20 Å². The predicted octanol–water partition coefficient (Wildman–Crippen LogP) is 0.786. The van der Waals surface area contributed by atoms with Crippen molar-refractivity contribution in [1.29, 1.82) is 0 Å². The summed E-state index contributed by atoms with van der Waals surface area (Å²) in [7, 11) is 0. The van der Waals surface area contributed by atoms with E-state index < -0.39 is 0 Å². The number of nitrogens with zero attached hydrogens (tertiary/aromatic N) is 2. The molecule has 0 saturated heterocycles. The molecule has 1 heterocycles. The van der Waals surface area contributed by atoms with Crippen molar-refractivity contribution in [3.8, 4) is 0 Å². The first-order valence-corrected chi connectivity index (χ1v) is 1.87. The molecule has 0 spiro atoms. The van der Waals surface area contributed by atoms with Gasteiger partial charge in [0.2, 0.25) is 0 Å². The van der Waals surface area contributed by atoms with Gasteiger partial charge in [-0.3, -0.25) is 0 Å². The van der Waals surface area contributed by atoms with Crippen LogP contribution in [-0.2, 0) is 21.1 Å². The molecular weight excluding hydrogens is 280 g/mol. The zero-order chi connectivity index (χ0) is 3.54. The fraction of sp³-hybridized carbons (Fsp3) is 0. The summed E-state index contributed by atoms with van der Waals surface area (Å²) < 4.78 is 7.12. The Hall–Kier alpha value is 0.248. The van der Waals surface area contributed by atoms with Crippen LogP contribution in [0.1, 0.15) is 0 Å². The van der Waals surface area contributed by atoms with Crippen molar-refractivity contribution in [2.24, 2.45) is 0 Å². The topological polar surface area (TPSA) is 25.8 Å². The predicted molar refractivity (Wildman–Crippen MR) is 25.2 cm³/mol. The molecule has 0 unspecified atom stereocenters. The number of rotatable bonds is 0. The van der Waals surface area contributed by atoms with Crippen molar-refractivity contribution >= 4 is 11.7 Å². The van der Waals surface area contributed by atoms with Crippen LogP contribution in [0.4, 0.5) is 0 Å². The first-order chi connectivity index (χ1) is 2.50. The van der Waals surface area contributed by atoms with Crippen molar-refractivity contribution in [2.75, 3.05) is 0 Å². The zero-order valence-corrected chi connectivity index (χ0v) is 7.54. The van der Waals surface area contributed by atoms with Gasteiger partial charge in [0, 0.05) is 11.7 Å². The molecule has 0 aliphatic carbocycles. The maximum absolute atomic E-state index is 3.60. The summed E-state index contributed by atoms with van der Waals surface area (Å²) in [5.74, 6) is 0. The van der Waals surface area contributed by atoms with E-state index in [2.05, 4.69) is 14.9 Å². The van der Waals surface area contributed by atoms with Gasteiger partial charge in [-0.05, 0) is 0 Å². The maximum atomic E-state index is 3.60. The third-order valence-electron chi connectivity index (χ3n) is 0.251. The number of hydrogen-bond donors (Lipinski definition) is 0. The van der Waals surface area contributed by atoms with Gasteiger partial charge in [-0.1, -0.05) is 0 Å². The SMILES string of the molecule is [CH3-].[W+2].[c-]1cnsn1. The van der Waals surface area contributed by atoms with Gasteiger partial charge < -0.3 is 18.0 Å². The molecule has 1 rings (SSSR count). The Morgan fingerprint density at radius 3 is 2.43 bits per heavy atom. The molecule has 0 fully saturated rings. The first-order valence-electron chi connectivity index (χ1n) is 1.14. The average Bonchev–Trinajstić information content (AvgIpc) is 1.76.